The van der Waals surface area contributed by atoms with Crippen molar-refractivity contribution in [2.75, 3.05) is 10.6 Å². The van der Waals surface area contributed by atoms with Crippen LogP contribution in [0.15, 0.2) is 71.8 Å². The average molecular weight is 390 g/mol. The lowest BCUT2D eigenvalue weighted by atomic mass is 10.0. The molecule has 2 aromatic rings. The molecule has 0 spiro atoms. The molecule has 0 heterocycles. The first-order chi connectivity index (χ1) is 13.9. The second-order valence-corrected chi connectivity index (χ2v) is 6.45. The Labute approximate surface area is 169 Å². The molecule has 0 radical (unpaired) electrons. The van der Waals surface area contributed by atoms with Crippen LogP contribution in [-0.4, -0.2) is 24.4 Å². The molecule has 148 valence electrons. The summed E-state index contributed by atoms with van der Waals surface area (Å²) in [5.74, 6) is -0.638. The molecule has 2 amide bonds. The van der Waals surface area contributed by atoms with Crippen molar-refractivity contribution in [2.45, 2.75) is 20.3 Å². The van der Waals surface area contributed by atoms with E-state index in [1.165, 1.54) is 12.2 Å². The lowest BCUT2D eigenvalue weighted by molar-refractivity contribution is -0.113. The fourth-order valence-corrected chi connectivity index (χ4v) is 2.46. The molecule has 0 saturated carbocycles. The minimum absolute atomic E-state index is 0.319. The summed E-state index contributed by atoms with van der Waals surface area (Å²) in [6.07, 6.45) is 4.29. The number of hydrogen-bond donors (Lipinski definition) is 2. The molecule has 2 N–H and O–H groups in total. The highest BCUT2D eigenvalue weighted by Gasteiger charge is 2.06. The van der Waals surface area contributed by atoms with Gasteiger partial charge < -0.3 is 10.6 Å². The molecule has 0 saturated heterocycles. The van der Waals surface area contributed by atoms with Crippen LogP contribution in [0.4, 0.5) is 11.4 Å². The molecular formula is C23H22N2O4. The highest BCUT2D eigenvalue weighted by molar-refractivity contribution is 6.05. The van der Waals surface area contributed by atoms with Crippen LogP contribution in [0.2, 0.25) is 0 Å². The van der Waals surface area contributed by atoms with Gasteiger partial charge in [-0.3, -0.25) is 19.2 Å². The number of carbonyl (C=O) groups excluding carboxylic acids is 4. The fraction of sp³-hybridized carbons (Fsp3) is 0.130. The number of hydrogen-bond acceptors (Lipinski definition) is 4. The fourth-order valence-electron chi connectivity index (χ4n) is 2.46. The molecule has 6 nitrogen and oxygen atoms in total. The molecule has 0 aliphatic carbocycles. The predicted octanol–water partition coefficient (Wildman–Crippen LogP) is 3.44. The molecule has 0 fully saturated rings. The highest BCUT2D eigenvalue weighted by Crippen LogP contribution is 2.17. The Hall–Kier alpha value is -3.80. The van der Waals surface area contributed by atoms with Crippen LogP contribution in [0, 0.1) is 0 Å². The summed E-state index contributed by atoms with van der Waals surface area (Å²) < 4.78 is 0. The summed E-state index contributed by atoms with van der Waals surface area (Å²) in [5.41, 5.74) is 4.10. The normalized spacial score (nSPS) is 11.5. The van der Waals surface area contributed by atoms with E-state index in [9.17, 15) is 19.2 Å². The van der Waals surface area contributed by atoms with Gasteiger partial charge in [0.05, 0.1) is 0 Å². The monoisotopic (exact) mass is 390 g/mol. The highest BCUT2D eigenvalue weighted by atomic mass is 16.2. The van der Waals surface area contributed by atoms with Crippen molar-refractivity contribution in [1.82, 2.24) is 0 Å². The zero-order chi connectivity index (χ0) is 21.2. The molecule has 2 aromatic carbocycles. The standard InChI is InChI=1S/C23H22N2O4/c1-16(11-13-26)22(28)24-20-7-3-18(4-8-20)15-19-5-9-21(10-6-19)25-23(29)17(2)12-14-27/h3-14H,15H2,1-2H3,(H,24,28)(H,25,29)/b16-11-,17-12-. The third-order valence-electron chi connectivity index (χ3n) is 4.18. The van der Waals surface area contributed by atoms with Gasteiger partial charge in [-0.2, -0.15) is 0 Å². The van der Waals surface area contributed by atoms with Crippen molar-refractivity contribution >= 4 is 35.8 Å². The van der Waals surface area contributed by atoms with Gasteiger partial charge in [-0.1, -0.05) is 24.3 Å². The number of anilines is 2. The van der Waals surface area contributed by atoms with E-state index in [0.29, 0.717) is 41.5 Å². The lowest BCUT2D eigenvalue weighted by Gasteiger charge is -2.08. The van der Waals surface area contributed by atoms with E-state index in [0.717, 1.165) is 11.1 Å². The minimum Gasteiger partial charge on any atom is -0.322 e. The van der Waals surface area contributed by atoms with E-state index >= 15 is 0 Å². The lowest BCUT2D eigenvalue weighted by Crippen LogP contribution is -2.12. The first-order valence-electron chi connectivity index (χ1n) is 8.97. The summed E-state index contributed by atoms with van der Waals surface area (Å²) in [6.45, 7) is 3.15. The van der Waals surface area contributed by atoms with Crippen molar-refractivity contribution in [1.29, 1.82) is 0 Å². The number of rotatable bonds is 8. The molecule has 0 aliphatic heterocycles. The Morgan fingerprint density at radius 3 is 1.34 bits per heavy atom. The molecule has 0 bridgehead atoms. The third kappa shape index (κ3) is 6.70. The van der Waals surface area contributed by atoms with Crippen molar-refractivity contribution in [3.63, 3.8) is 0 Å². The van der Waals surface area contributed by atoms with E-state index in [-0.39, 0.29) is 11.8 Å². The molecule has 29 heavy (non-hydrogen) atoms. The topological polar surface area (TPSA) is 92.3 Å². The zero-order valence-corrected chi connectivity index (χ0v) is 16.3. The van der Waals surface area contributed by atoms with E-state index in [4.69, 9.17) is 0 Å². The van der Waals surface area contributed by atoms with Crippen molar-refractivity contribution in [2.24, 2.45) is 0 Å². The van der Waals surface area contributed by atoms with Gasteiger partial charge in [0.25, 0.3) is 11.8 Å². The van der Waals surface area contributed by atoms with Crippen LogP contribution < -0.4 is 10.6 Å². The maximum atomic E-state index is 11.9. The number of nitrogens with one attached hydrogen (secondary N) is 2. The minimum atomic E-state index is -0.319. The van der Waals surface area contributed by atoms with Gasteiger partial charge in [0, 0.05) is 22.5 Å². The van der Waals surface area contributed by atoms with Crippen LogP contribution in [-0.2, 0) is 25.6 Å². The van der Waals surface area contributed by atoms with Gasteiger partial charge in [0.2, 0.25) is 0 Å². The van der Waals surface area contributed by atoms with E-state index in [1.54, 1.807) is 38.1 Å². The molecule has 0 unspecified atom stereocenters. The summed E-state index contributed by atoms with van der Waals surface area (Å²) >= 11 is 0. The van der Waals surface area contributed by atoms with Gasteiger partial charge in [-0.05, 0) is 67.8 Å². The third-order valence-corrected chi connectivity index (χ3v) is 4.18. The van der Waals surface area contributed by atoms with Crippen LogP contribution in [0.25, 0.3) is 0 Å². The van der Waals surface area contributed by atoms with Crippen molar-refractivity contribution in [3.8, 4) is 0 Å². The molecule has 6 heteroatoms. The number of aldehydes is 2. The first-order valence-corrected chi connectivity index (χ1v) is 8.97. The Morgan fingerprint density at radius 2 is 1.03 bits per heavy atom. The van der Waals surface area contributed by atoms with Gasteiger partial charge in [0.1, 0.15) is 12.6 Å². The number of carbonyl (C=O) groups is 4. The van der Waals surface area contributed by atoms with E-state index < -0.39 is 0 Å². The SMILES string of the molecule is C/C(=C/C=O)C(=O)Nc1ccc(Cc2ccc(NC(=O)/C(C)=C\C=O)cc2)cc1. The smallest absolute Gasteiger partial charge is 0.251 e. The number of amides is 2. The van der Waals surface area contributed by atoms with Gasteiger partial charge in [-0.15, -0.1) is 0 Å². The second kappa shape index (κ2) is 10.5. The van der Waals surface area contributed by atoms with Crippen molar-refractivity contribution in [3.05, 3.63) is 83.0 Å². The second-order valence-electron chi connectivity index (χ2n) is 6.45. The average Bonchev–Trinajstić information content (AvgIpc) is 2.71. The zero-order valence-electron chi connectivity index (χ0n) is 16.3. The van der Waals surface area contributed by atoms with E-state index in [2.05, 4.69) is 10.6 Å². The predicted molar refractivity (Wildman–Crippen MR) is 113 cm³/mol. The van der Waals surface area contributed by atoms with Crippen LogP contribution in [0.3, 0.4) is 0 Å². The van der Waals surface area contributed by atoms with Gasteiger partial charge in [-0.25, -0.2) is 0 Å². The largest absolute Gasteiger partial charge is 0.322 e. The van der Waals surface area contributed by atoms with Crippen molar-refractivity contribution < 1.29 is 19.2 Å². The summed E-state index contributed by atoms with van der Waals surface area (Å²) in [7, 11) is 0. The van der Waals surface area contributed by atoms with Crippen LogP contribution in [0.1, 0.15) is 25.0 Å². The Bertz CT molecular complexity index is 876. The Morgan fingerprint density at radius 1 is 0.690 bits per heavy atom. The molecule has 0 aliphatic rings. The summed E-state index contributed by atoms with van der Waals surface area (Å²) in [5, 5.41) is 5.46. The van der Waals surface area contributed by atoms with Gasteiger partial charge in [0.15, 0.2) is 0 Å². The van der Waals surface area contributed by atoms with Crippen LogP contribution >= 0.6 is 0 Å². The molecule has 0 atom stereocenters. The maximum Gasteiger partial charge on any atom is 0.251 e. The number of benzene rings is 2. The molecule has 2 rings (SSSR count). The van der Waals surface area contributed by atoms with Crippen LogP contribution in [0.5, 0.6) is 0 Å². The van der Waals surface area contributed by atoms with E-state index in [1.807, 2.05) is 24.3 Å². The quantitative estimate of drug-likeness (QED) is 0.533. The first kappa shape index (κ1) is 21.5. The maximum absolute atomic E-state index is 11.9. The summed E-state index contributed by atoms with van der Waals surface area (Å²) in [6, 6.07) is 14.9. The molecule has 0 aromatic heterocycles. The Kier molecular flexibility index (Phi) is 7.79. The van der Waals surface area contributed by atoms with Gasteiger partial charge >= 0.3 is 0 Å². The number of allylic oxidation sites excluding steroid dienone is 2. The molecular weight excluding hydrogens is 368 g/mol. The summed E-state index contributed by atoms with van der Waals surface area (Å²) in [4.78, 5) is 44.6. The Balaban J connectivity index is 1.96.